The fraction of sp³-hybridized carbons (Fsp3) is 0.538. The summed E-state index contributed by atoms with van der Waals surface area (Å²) in [5.41, 5.74) is 0.716. The van der Waals surface area contributed by atoms with Crippen molar-refractivity contribution in [3.05, 3.63) is 34.1 Å². The molecule has 0 unspecified atom stereocenters. The molecule has 4 heteroatoms. The van der Waals surface area contributed by atoms with Crippen LogP contribution in [0, 0.1) is 5.82 Å². The summed E-state index contributed by atoms with van der Waals surface area (Å²) >= 11 is 3.25. The Balaban J connectivity index is 2.31. The van der Waals surface area contributed by atoms with Crippen molar-refractivity contribution in [2.24, 2.45) is 0 Å². The van der Waals surface area contributed by atoms with E-state index in [4.69, 9.17) is 0 Å². The molecule has 0 fully saturated rings. The van der Waals surface area contributed by atoms with Gasteiger partial charge in [0, 0.05) is 29.7 Å². The van der Waals surface area contributed by atoms with Crippen molar-refractivity contribution in [1.82, 2.24) is 10.2 Å². The van der Waals surface area contributed by atoms with E-state index < -0.39 is 0 Å². The number of benzene rings is 1. The van der Waals surface area contributed by atoms with E-state index >= 15 is 0 Å². The average Bonchev–Trinajstić information content (AvgIpc) is 2.32. The molecule has 2 nitrogen and oxygen atoms in total. The third-order valence-electron chi connectivity index (χ3n) is 2.83. The molecule has 0 bridgehead atoms. The summed E-state index contributed by atoms with van der Waals surface area (Å²) in [6, 6.07) is 5.18. The van der Waals surface area contributed by atoms with Crippen LogP contribution in [-0.2, 0) is 6.54 Å². The van der Waals surface area contributed by atoms with Crippen LogP contribution < -0.4 is 5.32 Å². The molecule has 0 radical (unpaired) electrons. The number of hydrogen-bond donors (Lipinski definition) is 1. The number of nitrogens with zero attached hydrogens (tertiary/aromatic N) is 1. The van der Waals surface area contributed by atoms with E-state index in [9.17, 15) is 4.39 Å². The molecule has 96 valence electrons. The maximum absolute atomic E-state index is 13.5. The van der Waals surface area contributed by atoms with E-state index in [-0.39, 0.29) is 5.82 Å². The van der Waals surface area contributed by atoms with Crippen LogP contribution in [-0.4, -0.2) is 31.1 Å². The monoisotopic (exact) mass is 302 g/mol. The predicted molar refractivity (Wildman–Crippen MR) is 73.6 cm³/mol. The van der Waals surface area contributed by atoms with Gasteiger partial charge in [-0.2, -0.15) is 0 Å². The van der Waals surface area contributed by atoms with Gasteiger partial charge in [0.2, 0.25) is 0 Å². The molecule has 0 aliphatic carbocycles. The van der Waals surface area contributed by atoms with E-state index in [0.717, 1.165) is 30.7 Å². The van der Waals surface area contributed by atoms with E-state index in [0.29, 0.717) is 12.1 Å². The molecule has 0 aromatic heterocycles. The molecule has 0 aliphatic heterocycles. The first-order valence-electron chi connectivity index (χ1n) is 6.04. The molecular formula is C13H20BrFN2. The van der Waals surface area contributed by atoms with E-state index in [1.54, 1.807) is 0 Å². The fourth-order valence-corrected chi connectivity index (χ4v) is 2.00. The van der Waals surface area contributed by atoms with Crippen molar-refractivity contribution in [3.8, 4) is 0 Å². The zero-order chi connectivity index (χ0) is 12.7. The van der Waals surface area contributed by atoms with Gasteiger partial charge in [0.25, 0.3) is 0 Å². The second kappa shape index (κ2) is 7.80. The highest BCUT2D eigenvalue weighted by atomic mass is 79.9. The fourth-order valence-electron chi connectivity index (χ4n) is 1.67. The minimum absolute atomic E-state index is 0.158. The molecule has 1 aromatic carbocycles. The molecule has 1 aromatic rings. The first-order valence-corrected chi connectivity index (χ1v) is 6.83. The molecule has 0 aliphatic rings. The van der Waals surface area contributed by atoms with Crippen molar-refractivity contribution >= 4 is 15.9 Å². The van der Waals surface area contributed by atoms with Crippen LogP contribution >= 0.6 is 15.9 Å². The number of halogens is 2. The maximum Gasteiger partial charge on any atom is 0.128 e. The molecule has 0 amide bonds. The predicted octanol–water partition coefficient (Wildman–Crippen LogP) is 3.02. The minimum Gasteiger partial charge on any atom is -0.311 e. The number of nitrogens with one attached hydrogen (secondary N) is 1. The molecule has 0 heterocycles. The van der Waals surface area contributed by atoms with Crippen LogP contribution in [0.1, 0.15) is 19.4 Å². The number of likely N-dealkylation sites (N-methyl/N-ethyl adjacent to an activating group) is 1. The van der Waals surface area contributed by atoms with Gasteiger partial charge in [-0.1, -0.05) is 35.8 Å². The normalized spacial score (nSPS) is 11.1. The molecule has 17 heavy (non-hydrogen) atoms. The smallest absolute Gasteiger partial charge is 0.128 e. The Morgan fingerprint density at radius 3 is 2.59 bits per heavy atom. The summed E-state index contributed by atoms with van der Waals surface area (Å²) in [7, 11) is 0. The third-order valence-corrected chi connectivity index (χ3v) is 3.32. The Morgan fingerprint density at radius 2 is 2.00 bits per heavy atom. The van der Waals surface area contributed by atoms with Gasteiger partial charge in [-0.3, -0.25) is 0 Å². The van der Waals surface area contributed by atoms with E-state index in [2.05, 4.69) is 40.0 Å². The summed E-state index contributed by atoms with van der Waals surface area (Å²) in [5, 5.41) is 3.26. The lowest BCUT2D eigenvalue weighted by molar-refractivity contribution is 0.302. The second-order valence-corrected chi connectivity index (χ2v) is 4.86. The number of rotatable bonds is 7. The quantitative estimate of drug-likeness (QED) is 0.779. The van der Waals surface area contributed by atoms with Crippen LogP contribution in [0.3, 0.4) is 0 Å². The van der Waals surface area contributed by atoms with Crippen molar-refractivity contribution in [2.45, 2.75) is 20.4 Å². The molecule has 1 N–H and O–H groups in total. The molecule has 1 rings (SSSR count). The standard InChI is InChI=1S/C13H20BrFN2/c1-3-17(4-2)8-7-16-10-11-5-6-12(14)9-13(11)15/h5-6,9,16H,3-4,7-8,10H2,1-2H3. The third kappa shape index (κ3) is 5.15. The van der Waals surface area contributed by atoms with Crippen LogP contribution in [0.2, 0.25) is 0 Å². The Labute approximate surface area is 111 Å². The van der Waals surface area contributed by atoms with Crippen molar-refractivity contribution in [1.29, 1.82) is 0 Å². The zero-order valence-electron chi connectivity index (χ0n) is 10.5. The zero-order valence-corrected chi connectivity index (χ0v) is 12.1. The Morgan fingerprint density at radius 1 is 1.29 bits per heavy atom. The lowest BCUT2D eigenvalue weighted by Crippen LogP contribution is -2.31. The van der Waals surface area contributed by atoms with Crippen molar-refractivity contribution in [2.75, 3.05) is 26.2 Å². The average molecular weight is 303 g/mol. The summed E-state index contributed by atoms with van der Waals surface area (Å²) in [6.45, 7) is 8.90. The van der Waals surface area contributed by atoms with E-state index in [1.807, 2.05) is 12.1 Å². The Bertz CT molecular complexity index is 340. The highest BCUT2D eigenvalue weighted by Crippen LogP contribution is 2.14. The van der Waals surface area contributed by atoms with E-state index in [1.165, 1.54) is 6.07 Å². The Kier molecular flexibility index (Phi) is 6.70. The SMILES string of the molecule is CCN(CC)CCNCc1ccc(Br)cc1F. The van der Waals surface area contributed by atoms with Gasteiger partial charge in [0.15, 0.2) is 0 Å². The molecular weight excluding hydrogens is 283 g/mol. The van der Waals surface area contributed by atoms with Gasteiger partial charge in [-0.25, -0.2) is 4.39 Å². The highest BCUT2D eigenvalue weighted by Gasteiger charge is 2.02. The minimum atomic E-state index is -0.158. The van der Waals surface area contributed by atoms with Crippen molar-refractivity contribution < 1.29 is 4.39 Å². The summed E-state index contributed by atoms with van der Waals surface area (Å²) in [5.74, 6) is -0.158. The van der Waals surface area contributed by atoms with Crippen molar-refractivity contribution in [3.63, 3.8) is 0 Å². The van der Waals surface area contributed by atoms with Gasteiger partial charge >= 0.3 is 0 Å². The molecule has 0 saturated heterocycles. The van der Waals surface area contributed by atoms with Crippen LogP contribution in [0.5, 0.6) is 0 Å². The van der Waals surface area contributed by atoms with Gasteiger partial charge < -0.3 is 10.2 Å². The molecule has 0 atom stereocenters. The lowest BCUT2D eigenvalue weighted by atomic mass is 10.2. The van der Waals surface area contributed by atoms with Gasteiger partial charge in [0.1, 0.15) is 5.82 Å². The van der Waals surface area contributed by atoms with Crippen LogP contribution in [0.15, 0.2) is 22.7 Å². The van der Waals surface area contributed by atoms with Gasteiger partial charge in [0.05, 0.1) is 0 Å². The first kappa shape index (κ1) is 14.6. The maximum atomic E-state index is 13.5. The highest BCUT2D eigenvalue weighted by molar-refractivity contribution is 9.10. The first-order chi connectivity index (χ1) is 8.17. The topological polar surface area (TPSA) is 15.3 Å². The largest absolute Gasteiger partial charge is 0.311 e. The summed E-state index contributed by atoms with van der Waals surface area (Å²) < 4.78 is 14.3. The van der Waals surface area contributed by atoms with Gasteiger partial charge in [-0.15, -0.1) is 0 Å². The summed E-state index contributed by atoms with van der Waals surface area (Å²) in [6.07, 6.45) is 0. The second-order valence-electron chi connectivity index (χ2n) is 3.94. The van der Waals surface area contributed by atoms with Gasteiger partial charge in [-0.05, 0) is 25.2 Å². The lowest BCUT2D eigenvalue weighted by Gasteiger charge is -2.18. The van der Waals surface area contributed by atoms with Crippen LogP contribution in [0.4, 0.5) is 4.39 Å². The van der Waals surface area contributed by atoms with Crippen LogP contribution in [0.25, 0.3) is 0 Å². The number of hydrogen-bond acceptors (Lipinski definition) is 2. The molecule has 0 spiro atoms. The summed E-state index contributed by atoms with van der Waals surface area (Å²) in [4.78, 5) is 2.34. The Hall–Kier alpha value is -0.450. The molecule has 0 saturated carbocycles.